The van der Waals surface area contributed by atoms with E-state index in [9.17, 15) is 8.42 Å². The molecule has 248 valence electrons. The Morgan fingerprint density at radius 1 is 0.543 bits per heavy atom. The van der Waals surface area contributed by atoms with Crippen LogP contribution in [0.5, 0.6) is 17.2 Å². The van der Waals surface area contributed by atoms with Gasteiger partial charge in [-0.05, 0) is 54.2 Å². The fourth-order valence-electron chi connectivity index (χ4n) is 4.96. The van der Waals surface area contributed by atoms with Crippen LogP contribution in [0.1, 0.15) is 56.2 Å². The Balaban J connectivity index is 1.17. The van der Waals surface area contributed by atoms with E-state index in [0.29, 0.717) is 50.6 Å². The molecular weight excluding hydrogens is 604 g/mol. The number of para-hydroxylation sites is 1. The molecule has 0 saturated carbocycles. The molecule has 0 N–H and O–H groups in total. The minimum absolute atomic E-state index is 0.0763. The third kappa shape index (κ3) is 9.93. The molecule has 0 saturated heterocycles. The molecule has 0 atom stereocenters. The SMILES string of the molecule is Cc1ccc(S(=O)(=O)OCCOCCOc2cccc3c(OCCOCCOc4c(C(C)C)cccc4C(C)C)cccc23)cc1. The first-order valence-corrected chi connectivity index (χ1v) is 17.2. The van der Waals surface area contributed by atoms with Crippen LogP contribution in [0.15, 0.2) is 83.8 Å². The summed E-state index contributed by atoms with van der Waals surface area (Å²) in [5.74, 6) is 3.20. The third-order valence-electron chi connectivity index (χ3n) is 7.38. The van der Waals surface area contributed by atoms with Crippen molar-refractivity contribution in [3.63, 3.8) is 0 Å². The van der Waals surface area contributed by atoms with Crippen LogP contribution in [0.25, 0.3) is 10.8 Å². The fourth-order valence-corrected chi connectivity index (χ4v) is 5.85. The molecule has 0 radical (unpaired) electrons. The first kappa shape index (κ1) is 35.2. The summed E-state index contributed by atoms with van der Waals surface area (Å²) in [4.78, 5) is 0.127. The zero-order valence-electron chi connectivity index (χ0n) is 27.5. The van der Waals surface area contributed by atoms with Crippen molar-refractivity contribution >= 4 is 20.9 Å². The quantitative estimate of drug-likeness (QED) is 0.0755. The highest BCUT2D eigenvalue weighted by molar-refractivity contribution is 7.86. The molecule has 0 bridgehead atoms. The summed E-state index contributed by atoms with van der Waals surface area (Å²) in [6.07, 6.45) is 0. The second-order valence-corrected chi connectivity index (χ2v) is 13.2. The minimum atomic E-state index is -3.81. The lowest BCUT2D eigenvalue weighted by atomic mass is 9.94. The number of rotatable bonds is 19. The molecule has 0 unspecified atom stereocenters. The van der Waals surface area contributed by atoms with Crippen LogP contribution in [-0.4, -0.2) is 61.3 Å². The molecule has 0 aliphatic carbocycles. The van der Waals surface area contributed by atoms with E-state index < -0.39 is 10.1 Å². The zero-order valence-corrected chi connectivity index (χ0v) is 28.3. The Morgan fingerprint density at radius 2 is 1.00 bits per heavy atom. The van der Waals surface area contributed by atoms with Crippen LogP contribution >= 0.6 is 0 Å². The molecule has 0 fully saturated rings. The van der Waals surface area contributed by atoms with Crippen molar-refractivity contribution in [2.45, 2.75) is 51.3 Å². The Hall–Kier alpha value is -3.63. The van der Waals surface area contributed by atoms with Crippen molar-refractivity contribution in [2.24, 2.45) is 0 Å². The van der Waals surface area contributed by atoms with Gasteiger partial charge in [-0.1, -0.05) is 87.9 Å². The molecule has 0 amide bonds. The zero-order chi connectivity index (χ0) is 32.9. The smallest absolute Gasteiger partial charge is 0.297 e. The van der Waals surface area contributed by atoms with E-state index in [0.717, 1.165) is 27.8 Å². The number of ether oxygens (including phenoxy) is 5. The van der Waals surface area contributed by atoms with Crippen LogP contribution in [0, 0.1) is 6.92 Å². The van der Waals surface area contributed by atoms with E-state index in [4.69, 9.17) is 27.9 Å². The van der Waals surface area contributed by atoms with Gasteiger partial charge in [0.05, 0.1) is 37.9 Å². The first-order valence-electron chi connectivity index (χ1n) is 15.8. The number of fused-ring (bicyclic) bond motifs is 1. The Bertz CT molecular complexity index is 1610. The van der Waals surface area contributed by atoms with E-state index in [1.807, 2.05) is 43.3 Å². The van der Waals surface area contributed by atoms with Gasteiger partial charge in [-0.15, -0.1) is 0 Å². The molecule has 9 heteroatoms. The molecule has 0 aliphatic heterocycles. The van der Waals surface area contributed by atoms with E-state index in [2.05, 4.69) is 45.9 Å². The molecule has 4 aromatic rings. The summed E-state index contributed by atoms with van der Waals surface area (Å²) in [7, 11) is -3.81. The standard InChI is InChI=1S/C37H46O8S/c1-27(2)31-9-6-10-32(28(3)4)37(31)44-25-21-40-19-23-42-35-13-7-12-34-33(35)11-8-14-36(34)43-24-20-41-22-26-45-46(38,39)30-17-15-29(5)16-18-30/h6-18,27-28H,19-26H2,1-5H3. The lowest BCUT2D eigenvalue weighted by Gasteiger charge is -2.20. The lowest BCUT2D eigenvalue weighted by Crippen LogP contribution is -2.14. The monoisotopic (exact) mass is 650 g/mol. The van der Waals surface area contributed by atoms with Crippen molar-refractivity contribution in [1.82, 2.24) is 0 Å². The molecule has 46 heavy (non-hydrogen) atoms. The Morgan fingerprint density at radius 3 is 1.50 bits per heavy atom. The number of hydrogen-bond acceptors (Lipinski definition) is 8. The second-order valence-electron chi connectivity index (χ2n) is 11.5. The maximum atomic E-state index is 12.3. The highest BCUT2D eigenvalue weighted by Crippen LogP contribution is 2.35. The van der Waals surface area contributed by atoms with Crippen LogP contribution in [-0.2, 0) is 23.8 Å². The van der Waals surface area contributed by atoms with Gasteiger partial charge < -0.3 is 23.7 Å². The topological polar surface area (TPSA) is 89.5 Å². The van der Waals surface area contributed by atoms with Crippen molar-refractivity contribution in [1.29, 1.82) is 0 Å². The normalized spacial score (nSPS) is 11.8. The van der Waals surface area contributed by atoms with Gasteiger partial charge in [-0.3, -0.25) is 4.18 Å². The van der Waals surface area contributed by atoms with Gasteiger partial charge in [0.25, 0.3) is 10.1 Å². The number of hydrogen-bond donors (Lipinski definition) is 0. The third-order valence-corrected chi connectivity index (χ3v) is 8.71. The molecule has 0 aliphatic rings. The summed E-state index contributed by atoms with van der Waals surface area (Å²) in [6, 6.07) is 24.5. The van der Waals surface area contributed by atoms with Gasteiger partial charge in [-0.25, -0.2) is 0 Å². The van der Waals surface area contributed by atoms with Gasteiger partial charge in [-0.2, -0.15) is 8.42 Å². The molecule has 0 spiro atoms. The average molecular weight is 651 g/mol. The highest BCUT2D eigenvalue weighted by atomic mass is 32.2. The predicted octanol–water partition coefficient (Wildman–Crippen LogP) is 7.67. The van der Waals surface area contributed by atoms with E-state index in [-0.39, 0.29) is 24.7 Å². The van der Waals surface area contributed by atoms with Gasteiger partial charge in [0.1, 0.15) is 37.1 Å². The second kappa shape index (κ2) is 17.3. The fraction of sp³-hybridized carbons (Fsp3) is 0.405. The Labute approximate surface area is 273 Å². The van der Waals surface area contributed by atoms with E-state index in [1.54, 1.807) is 12.1 Å². The van der Waals surface area contributed by atoms with Crippen LogP contribution in [0.3, 0.4) is 0 Å². The summed E-state index contributed by atoms with van der Waals surface area (Å²) < 4.78 is 59.2. The van der Waals surface area contributed by atoms with Crippen molar-refractivity contribution in [3.05, 3.63) is 95.6 Å². The molecule has 4 aromatic carbocycles. The van der Waals surface area contributed by atoms with E-state index >= 15 is 0 Å². The van der Waals surface area contributed by atoms with Crippen LogP contribution in [0.4, 0.5) is 0 Å². The number of aryl methyl sites for hydroxylation is 1. The molecule has 8 nitrogen and oxygen atoms in total. The maximum Gasteiger partial charge on any atom is 0.297 e. The highest BCUT2D eigenvalue weighted by Gasteiger charge is 2.16. The molecule has 0 aromatic heterocycles. The predicted molar refractivity (Wildman–Crippen MR) is 181 cm³/mol. The van der Waals surface area contributed by atoms with Gasteiger partial charge in [0.2, 0.25) is 0 Å². The largest absolute Gasteiger partial charge is 0.491 e. The Kier molecular flexibility index (Phi) is 13.3. The summed E-state index contributed by atoms with van der Waals surface area (Å²) in [5, 5.41) is 1.86. The van der Waals surface area contributed by atoms with E-state index in [1.165, 1.54) is 23.3 Å². The summed E-state index contributed by atoms with van der Waals surface area (Å²) in [6.45, 7) is 13.0. The average Bonchev–Trinajstić information content (AvgIpc) is 3.04. The maximum absolute atomic E-state index is 12.3. The summed E-state index contributed by atoms with van der Waals surface area (Å²) in [5.41, 5.74) is 3.42. The van der Waals surface area contributed by atoms with Gasteiger partial charge in [0, 0.05) is 10.8 Å². The first-order chi connectivity index (χ1) is 22.2. The number of benzene rings is 4. The van der Waals surface area contributed by atoms with Crippen molar-refractivity contribution < 1.29 is 36.3 Å². The van der Waals surface area contributed by atoms with Crippen LogP contribution in [0.2, 0.25) is 0 Å². The minimum Gasteiger partial charge on any atom is -0.491 e. The summed E-state index contributed by atoms with van der Waals surface area (Å²) >= 11 is 0. The lowest BCUT2D eigenvalue weighted by molar-refractivity contribution is 0.0761. The van der Waals surface area contributed by atoms with Crippen LogP contribution < -0.4 is 14.2 Å². The van der Waals surface area contributed by atoms with Crippen molar-refractivity contribution in [3.8, 4) is 17.2 Å². The van der Waals surface area contributed by atoms with Gasteiger partial charge in [0.15, 0.2) is 0 Å². The van der Waals surface area contributed by atoms with Crippen molar-refractivity contribution in [2.75, 3.05) is 52.9 Å². The molecular formula is C37H46O8S. The molecule has 4 rings (SSSR count). The molecule has 0 heterocycles. The van der Waals surface area contributed by atoms with Gasteiger partial charge >= 0.3 is 0 Å².